The van der Waals surface area contributed by atoms with Gasteiger partial charge in [-0.2, -0.15) is 5.10 Å². The van der Waals surface area contributed by atoms with Gasteiger partial charge in [0.25, 0.3) is 5.91 Å². The molecule has 3 rings (SSSR count). The fourth-order valence-corrected chi connectivity index (χ4v) is 3.64. The predicted octanol–water partition coefficient (Wildman–Crippen LogP) is 4.96. The highest BCUT2D eigenvalue weighted by Gasteiger charge is 2.21. The molecule has 0 aliphatic rings. The molecule has 1 unspecified atom stereocenters. The molecular formula is C24H28N4O2. The number of benzene rings is 2. The van der Waals surface area contributed by atoms with Gasteiger partial charge in [-0.3, -0.25) is 14.3 Å². The zero-order valence-electron chi connectivity index (χ0n) is 18.1. The number of anilines is 2. The fraction of sp³-hybridized carbons (Fsp3) is 0.292. The average molecular weight is 405 g/mol. The van der Waals surface area contributed by atoms with E-state index in [1.54, 1.807) is 16.9 Å². The second-order valence-corrected chi connectivity index (χ2v) is 7.80. The van der Waals surface area contributed by atoms with E-state index in [2.05, 4.69) is 21.8 Å². The molecule has 0 aliphatic heterocycles. The van der Waals surface area contributed by atoms with Crippen molar-refractivity contribution in [3.63, 3.8) is 0 Å². The molecule has 0 fully saturated rings. The molecule has 0 saturated heterocycles. The van der Waals surface area contributed by atoms with Crippen LogP contribution in [-0.4, -0.2) is 21.6 Å². The first kappa shape index (κ1) is 21.3. The van der Waals surface area contributed by atoms with Gasteiger partial charge >= 0.3 is 0 Å². The summed E-state index contributed by atoms with van der Waals surface area (Å²) in [6, 6.07) is 12.9. The van der Waals surface area contributed by atoms with Crippen molar-refractivity contribution < 1.29 is 9.59 Å². The van der Waals surface area contributed by atoms with Gasteiger partial charge in [-0.15, -0.1) is 0 Å². The van der Waals surface area contributed by atoms with E-state index in [4.69, 9.17) is 0 Å². The van der Waals surface area contributed by atoms with Crippen molar-refractivity contribution in [2.75, 3.05) is 10.6 Å². The van der Waals surface area contributed by atoms with Crippen LogP contribution in [0.4, 0.5) is 11.4 Å². The van der Waals surface area contributed by atoms with Gasteiger partial charge in [0.2, 0.25) is 5.91 Å². The Hall–Kier alpha value is -3.41. The van der Waals surface area contributed by atoms with E-state index in [0.717, 1.165) is 33.6 Å². The molecule has 1 aromatic heterocycles. The van der Waals surface area contributed by atoms with Gasteiger partial charge < -0.3 is 10.6 Å². The topological polar surface area (TPSA) is 76.0 Å². The molecule has 0 radical (unpaired) electrons. The lowest BCUT2D eigenvalue weighted by molar-refractivity contribution is -0.119. The normalized spacial score (nSPS) is 11.8. The number of aryl methyl sites for hydroxylation is 4. The molecule has 6 nitrogen and oxygen atoms in total. The second kappa shape index (κ2) is 8.95. The summed E-state index contributed by atoms with van der Waals surface area (Å²) in [5.41, 5.74) is 6.08. The molecule has 0 spiro atoms. The van der Waals surface area contributed by atoms with Crippen molar-refractivity contribution >= 4 is 23.2 Å². The van der Waals surface area contributed by atoms with Crippen LogP contribution < -0.4 is 10.6 Å². The first-order valence-corrected chi connectivity index (χ1v) is 10.1. The maximum Gasteiger partial charge on any atom is 0.276 e. The highest BCUT2D eigenvalue weighted by Crippen LogP contribution is 2.19. The molecular weight excluding hydrogens is 376 g/mol. The van der Waals surface area contributed by atoms with Crippen LogP contribution >= 0.6 is 0 Å². The zero-order chi connectivity index (χ0) is 21.8. The third-order valence-electron chi connectivity index (χ3n) is 4.82. The van der Waals surface area contributed by atoms with E-state index in [1.165, 1.54) is 0 Å². The molecule has 156 valence electrons. The van der Waals surface area contributed by atoms with Gasteiger partial charge in [0.1, 0.15) is 6.04 Å². The number of carbonyl (C=O) groups excluding carboxylic acids is 2. The number of nitrogens with zero attached hydrogens (tertiary/aromatic N) is 2. The lowest BCUT2D eigenvalue weighted by Crippen LogP contribution is -2.26. The molecule has 30 heavy (non-hydrogen) atoms. The summed E-state index contributed by atoms with van der Waals surface area (Å²) in [5, 5.41) is 10.2. The van der Waals surface area contributed by atoms with Crippen molar-refractivity contribution in [3.8, 4) is 0 Å². The summed E-state index contributed by atoms with van der Waals surface area (Å²) in [6.45, 7) is 9.87. The van der Waals surface area contributed by atoms with E-state index in [9.17, 15) is 9.59 Å². The van der Waals surface area contributed by atoms with E-state index in [0.29, 0.717) is 6.42 Å². The summed E-state index contributed by atoms with van der Waals surface area (Å²) in [5.74, 6) is -0.463. The Balaban J connectivity index is 1.73. The van der Waals surface area contributed by atoms with E-state index in [-0.39, 0.29) is 17.5 Å². The fourth-order valence-electron chi connectivity index (χ4n) is 3.64. The number of nitrogens with one attached hydrogen (secondary N) is 2. The van der Waals surface area contributed by atoms with Crippen LogP contribution in [0.3, 0.4) is 0 Å². The molecule has 2 amide bonds. The summed E-state index contributed by atoms with van der Waals surface area (Å²) in [4.78, 5) is 25.4. The third kappa shape index (κ3) is 5.14. The molecule has 1 atom stereocenters. The van der Waals surface area contributed by atoms with Gasteiger partial charge in [0.15, 0.2) is 5.69 Å². The van der Waals surface area contributed by atoms with Crippen LogP contribution in [0.25, 0.3) is 0 Å². The molecule has 0 bridgehead atoms. The van der Waals surface area contributed by atoms with Gasteiger partial charge in [0.05, 0.1) is 0 Å². The molecule has 3 aromatic rings. The Bertz CT molecular complexity index is 1040. The standard InChI is InChI=1S/C24H28N4O2/c1-6-22(24(30)26-20-13-17(4)10-18(5)14-20)28-8-7-21(27-28)23(29)25-19-11-15(2)9-16(3)12-19/h7-14,22H,6H2,1-5H3,(H,25,29)(H,26,30). The summed E-state index contributed by atoms with van der Waals surface area (Å²) in [6.07, 6.45) is 2.22. The van der Waals surface area contributed by atoms with Crippen molar-refractivity contribution in [1.29, 1.82) is 0 Å². The van der Waals surface area contributed by atoms with Crippen LogP contribution in [0.1, 0.15) is 52.1 Å². The summed E-state index contributed by atoms with van der Waals surface area (Å²) in [7, 11) is 0. The maximum absolute atomic E-state index is 12.8. The Morgan fingerprint density at radius 1 is 0.867 bits per heavy atom. The Kier molecular flexibility index (Phi) is 6.35. The van der Waals surface area contributed by atoms with Crippen molar-refractivity contribution in [2.24, 2.45) is 0 Å². The highest BCUT2D eigenvalue weighted by atomic mass is 16.2. The lowest BCUT2D eigenvalue weighted by Gasteiger charge is -2.16. The van der Waals surface area contributed by atoms with Crippen LogP contribution in [-0.2, 0) is 4.79 Å². The number of hydrogen-bond donors (Lipinski definition) is 2. The van der Waals surface area contributed by atoms with Crippen molar-refractivity contribution in [2.45, 2.75) is 47.1 Å². The molecule has 2 aromatic carbocycles. The number of hydrogen-bond acceptors (Lipinski definition) is 3. The summed E-state index contributed by atoms with van der Waals surface area (Å²) < 4.78 is 1.55. The van der Waals surface area contributed by atoms with Crippen LogP contribution in [0.2, 0.25) is 0 Å². The van der Waals surface area contributed by atoms with Gasteiger partial charge in [-0.25, -0.2) is 0 Å². The van der Waals surface area contributed by atoms with Crippen molar-refractivity contribution in [1.82, 2.24) is 9.78 Å². The van der Waals surface area contributed by atoms with Gasteiger partial charge in [-0.05, 0) is 86.7 Å². The number of rotatable bonds is 6. The average Bonchev–Trinajstić information content (AvgIpc) is 3.10. The van der Waals surface area contributed by atoms with Crippen LogP contribution in [0, 0.1) is 27.7 Å². The maximum atomic E-state index is 12.8. The van der Waals surface area contributed by atoms with Crippen molar-refractivity contribution in [3.05, 3.63) is 76.6 Å². The quantitative estimate of drug-likeness (QED) is 0.610. The largest absolute Gasteiger partial charge is 0.324 e. The Labute approximate surface area is 177 Å². The van der Waals surface area contributed by atoms with Gasteiger partial charge in [0, 0.05) is 17.6 Å². The van der Waals surface area contributed by atoms with Gasteiger partial charge in [-0.1, -0.05) is 19.1 Å². The second-order valence-electron chi connectivity index (χ2n) is 7.80. The third-order valence-corrected chi connectivity index (χ3v) is 4.82. The lowest BCUT2D eigenvalue weighted by atomic mass is 10.1. The minimum absolute atomic E-state index is 0.160. The van der Waals surface area contributed by atoms with E-state index < -0.39 is 6.04 Å². The Morgan fingerprint density at radius 2 is 1.37 bits per heavy atom. The van der Waals surface area contributed by atoms with E-state index in [1.807, 2.05) is 65.0 Å². The molecule has 2 N–H and O–H groups in total. The Morgan fingerprint density at radius 3 is 1.87 bits per heavy atom. The zero-order valence-corrected chi connectivity index (χ0v) is 18.1. The van der Waals surface area contributed by atoms with E-state index >= 15 is 0 Å². The molecule has 6 heteroatoms. The predicted molar refractivity (Wildman–Crippen MR) is 120 cm³/mol. The summed E-state index contributed by atoms with van der Waals surface area (Å²) >= 11 is 0. The smallest absolute Gasteiger partial charge is 0.276 e. The number of aromatic nitrogens is 2. The minimum atomic E-state index is -0.506. The van der Waals surface area contributed by atoms with Crippen LogP contribution in [0.15, 0.2) is 48.7 Å². The monoisotopic (exact) mass is 404 g/mol. The molecule has 0 aliphatic carbocycles. The highest BCUT2D eigenvalue weighted by molar-refractivity contribution is 6.03. The first-order valence-electron chi connectivity index (χ1n) is 10.1. The minimum Gasteiger partial charge on any atom is -0.324 e. The molecule has 1 heterocycles. The van der Waals surface area contributed by atoms with Crippen LogP contribution in [0.5, 0.6) is 0 Å². The number of carbonyl (C=O) groups is 2. The first-order chi connectivity index (χ1) is 14.2. The number of amides is 2. The SMILES string of the molecule is CCC(C(=O)Nc1cc(C)cc(C)c1)n1ccc(C(=O)Nc2cc(C)cc(C)c2)n1. The molecule has 0 saturated carbocycles.